The van der Waals surface area contributed by atoms with Gasteiger partial charge in [-0.3, -0.25) is 4.31 Å². The van der Waals surface area contributed by atoms with Crippen molar-refractivity contribution in [3.63, 3.8) is 0 Å². The molecule has 178 valence electrons. The quantitative estimate of drug-likeness (QED) is 0.236. The zero-order valence-electron chi connectivity index (χ0n) is 19.2. The number of aryl methyl sites for hydroxylation is 1. The zero-order valence-corrected chi connectivity index (χ0v) is 22.1. The topological polar surface area (TPSA) is 62.5 Å². The second-order valence-electron chi connectivity index (χ2n) is 8.60. The highest BCUT2D eigenvalue weighted by Crippen LogP contribution is 2.31. The molecule has 5 aromatic rings. The van der Waals surface area contributed by atoms with Crippen LogP contribution in [0.25, 0.3) is 21.8 Å². The third kappa shape index (κ3) is 4.55. The third-order valence-corrected chi connectivity index (χ3v) is 8.89. The van der Waals surface area contributed by atoms with Crippen LogP contribution in [0.1, 0.15) is 5.56 Å². The predicted octanol–water partition coefficient (Wildman–Crippen LogP) is 5.96. The highest BCUT2D eigenvalue weighted by Gasteiger charge is 2.29. The van der Waals surface area contributed by atoms with E-state index in [1.54, 1.807) is 30.3 Å². The van der Waals surface area contributed by atoms with Gasteiger partial charge in [0, 0.05) is 25.4 Å². The molecule has 0 saturated heterocycles. The van der Waals surface area contributed by atoms with Crippen molar-refractivity contribution in [2.45, 2.75) is 24.5 Å². The van der Waals surface area contributed by atoms with E-state index in [9.17, 15) is 13.5 Å². The number of hydrogen-bond acceptors (Lipinski definition) is 3. The fourth-order valence-electron chi connectivity index (χ4n) is 4.48. The van der Waals surface area contributed by atoms with Crippen molar-refractivity contribution >= 4 is 60.1 Å². The number of para-hydroxylation sites is 3. The molecular weight excluding hydrogens is 571 g/mol. The molecule has 1 aromatic heterocycles. The number of hydrogen-bond donors (Lipinski definition) is 1. The van der Waals surface area contributed by atoms with Crippen LogP contribution in [0.3, 0.4) is 0 Å². The molecule has 35 heavy (non-hydrogen) atoms. The van der Waals surface area contributed by atoms with Crippen LogP contribution in [0.5, 0.6) is 0 Å². The van der Waals surface area contributed by atoms with Gasteiger partial charge in [0.25, 0.3) is 10.0 Å². The molecule has 1 unspecified atom stereocenters. The number of nitrogens with zero attached hydrogens (tertiary/aromatic N) is 2. The molecule has 1 heterocycles. The van der Waals surface area contributed by atoms with Crippen LogP contribution >= 0.6 is 22.6 Å². The largest absolute Gasteiger partial charge is 0.389 e. The SMILES string of the molecule is Cc1ccc(S(=O)(=O)N(CC(O)Cn2c3ccccc3c3ccccc32)c2ccccc2I)cc1. The van der Waals surface area contributed by atoms with E-state index in [0.717, 1.165) is 30.9 Å². The fraction of sp³-hybridized carbons (Fsp3) is 0.143. The van der Waals surface area contributed by atoms with Crippen molar-refractivity contribution in [2.75, 3.05) is 10.8 Å². The van der Waals surface area contributed by atoms with Crippen LogP contribution in [-0.4, -0.2) is 30.7 Å². The number of aliphatic hydroxyl groups is 1. The maximum absolute atomic E-state index is 13.8. The number of halogens is 1. The van der Waals surface area contributed by atoms with Crippen molar-refractivity contribution in [2.24, 2.45) is 0 Å². The molecule has 0 saturated carbocycles. The number of aliphatic hydroxyl groups excluding tert-OH is 1. The van der Waals surface area contributed by atoms with E-state index >= 15 is 0 Å². The summed E-state index contributed by atoms with van der Waals surface area (Å²) in [4.78, 5) is 0.201. The Hall–Kier alpha value is -2.88. The molecule has 5 nitrogen and oxygen atoms in total. The van der Waals surface area contributed by atoms with Gasteiger partial charge in [0.05, 0.1) is 29.8 Å². The van der Waals surface area contributed by atoms with E-state index in [-0.39, 0.29) is 18.0 Å². The lowest BCUT2D eigenvalue weighted by atomic mass is 10.2. The number of aromatic nitrogens is 1. The molecule has 0 aliphatic carbocycles. The van der Waals surface area contributed by atoms with Crippen molar-refractivity contribution < 1.29 is 13.5 Å². The summed E-state index contributed by atoms with van der Waals surface area (Å²) in [5, 5.41) is 13.5. The average Bonchev–Trinajstić information content (AvgIpc) is 3.17. The first-order valence-corrected chi connectivity index (χ1v) is 13.9. The summed E-state index contributed by atoms with van der Waals surface area (Å²) in [7, 11) is -3.89. The van der Waals surface area contributed by atoms with Crippen LogP contribution in [0.15, 0.2) is 102 Å². The van der Waals surface area contributed by atoms with E-state index in [2.05, 4.69) is 39.3 Å². The summed E-state index contributed by atoms with van der Waals surface area (Å²) in [5.74, 6) is 0. The molecule has 1 N–H and O–H groups in total. The number of fused-ring (bicyclic) bond motifs is 3. The fourth-order valence-corrected chi connectivity index (χ4v) is 6.84. The lowest BCUT2D eigenvalue weighted by molar-refractivity contribution is 0.166. The second kappa shape index (κ2) is 9.64. The Morgan fingerprint density at radius 3 is 1.97 bits per heavy atom. The number of benzene rings is 4. The molecule has 0 fully saturated rings. The average molecular weight is 596 g/mol. The Morgan fingerprint density at radius 1 is 0.829 bits per heavy atom. The maximum Gasteiger partial charge on any atom is 0.264 e. The van der Waals surface area contributed by atoms with E-state index in [1.165, 1.54) is 4.31 Å². The van der Waals surface area contributed by atoms with Gasteiger partial charge in [0.1, 0.15) is 0 Å². The lowest BCUT2D eigenvalue weighted by Crippen LogP contribution is -2.39. The summed E-state index contributed by atoms with van der Waals surface area (Å²) in [6.45, 7) is 2.11. The maximum atomic E-state index is 13.8. The minimum absolute atomic E-state index is 0.0724. The van der Waals surface area contributed by atoms with E-state index in [1.807, 2.05) is 61.5 Å². The molecule has 0 spiro atoms. The lowest BCUT2D eigenvalue weighted by Gasteiger charge is -2.28. The first-order chi connectivity index (χ1) is 16.9. The summed E-state index contributed by atoms with van der Waals surface area (Å²) < 4.78 is 31.7. The summed E-state index contributed by atoms with van der Waals surface area (Å²) >= 11 is 2.14. The molecule has 0 bridgehead atoms. The van der Waals surface area contributed by atoms with Crippen LogP contribution in [0.4, 0.5) is 5.69 Å². The Labute approximate surface area is 218 Å². The highest BCUT2D eigenvalue weighted by atomic mass is 127. The summed E-state index contributed by atoms with van der Waals surface area (Å²) in [6.07, 6.45) is -0.939. The van der Waals surface area contributed by atoms with E-state index in [4.69, 9.17) is 0 Å². The normalized spacial score (nSPS) is 12.8. The monoisotopic (exact) mass is 596 g/mol. The predicted molar refractivity (Wildman–Crippen MR) is 150 cm³/mol. The number of sulfonamides is 1. The van der Waals surface area contributed by atoms with Crippen molar-refractivity contribution in [1.29, 1.82) is 0 Å². The van der Waals surface area contributed by atoms with Crippen LogP contribution in [0.2, 0.25) is 0 Å². The van der Waals surface area contributed by atoms with Crippen LogP contribution in [0, 0.1) is 10.5 Å². The van der Waals surface area contributed by atoms with E-state index in [0.29, 0.717) is 5.69 Å². The molecule has 0 aliphatic rings. The Morgan fingerprint density at radius 2 is 1.37 bits per heavy atom. The molecule has 5 rings (SSSR count). The Bertz CT molecular complexity index is 1560. The van der Waals surface area contributed by atoms with Gasteiger partial charge in [-0.1, -0.05) is 66.2 Å². The van der Waals surface area contributed by atoms with Gasteiger partial charge in [-0.25, -0.2) is 8.42 Å². The molecule has 0 aliphatic heterocycles. The van der Waals surface area contributed by atoms with Gasteiger partial charge in [0.2, 0.25) is 0 Å². The number of rotatable bonds is 7. The van der Waals surface area contributed by atoms with Gasteiger partial charge in [-0.15, -0.1) is 0 Å². The van der Waals surface area contributed by atoms with Crippen LogP contribution in [-0.2, 0) is 16.6 Å². The standard InChI is InChI=1S/C28H25IN2O3S/c1-20-14-16-22(17-15-20)35(33,34)31(28-13-7-4-10-25(28)29)19-21(32)18-30-26-11-5-2-8-23(26)24-9-3-6-12-27(24)30/h2-17,21,32H,18-19H2,1H3. The van der Waals surface area contributed by atoms with Crippen LogP contribution < -0.4 is 4.31 Å². The molecule has 7 heteroatoms. The summed E-state index contributed by atoms with van der Waals surface area (Å²) in [5.41, 5.74) is 3.55. The smallest absolute Gasteiger partial charge is 0.264 e. The summed E-state index contributed by atoms with van der Waals surface area (Å²) in [6, 6.07) is 30.3. The molecule has 1 atom stereocenters. The molecule has 0 radical (unpaired) electrons. The van der Waals surface area contributed by atoms with Gasteiger partial charge in [-0.2, -0.15) is 0 Å². The third-order valence-electron chi connectivity index (χ3n) is 6.18. The van der Waals surface area contributed by atoms with Gasteiger partial charge < -0.3 is 9.67 Å². The minimum Gasteiger partial charge on any atom is -0.389 e. The first-order valence-electron chi connectivity index (χ1n) is 11.3. The van der Waals surface area contributed by atoms with Crippen molar-refractivity contribution in [1.82, 2.24) is 4.57 Å². The van der Waals surface area contributed by atoms with E-state index < -0.39 is 16.1 Å². The molecular formula is C28H25IN2O3S. The molecule has 0 amide bonds. The Balaban J connectivity index is 1.54. The highest BCUT2D eigenvalue weighted by molar-refractivity contribution is 14.1. The van der Waals surface area contributed by atoms with Gasteiger partial charge >= 0.3 is 0 Å². The first kappa shape index (κ1) is 23.8. The minimum atomic E-state index is -3.89. The van der Waals surface area contributed by atoms with Crippen molar-refractivity contribution in [3.05, 3.63) is 106 Å². The van der Waals surface area contributed by atoms with Gasteiger partial charge in [0.15, 0.2) is 0 Å². The second-order valence-corrected chi connectivity index (χ2v) is 11.6. The molecule has 4 aromatic carbocycles. The number of anilines is 1. The Kier molecular flexibility index (Phi) is 6.57. The van der Waals surface area contributed by atoms with Gasteiger partial charge in [-0.05, 0) is 65.9 Å². The van der Waals surface area contributed by atoms with Crippen molar-refractivity contribution in [3.8, 4) is 0 Å². The zero-order chi connectivity index (χ0) is 24.6.